The van der Waals surface area contributed by atoms with Crippen molar-refractivity contribution in [1.82, 2.24) is 10.6 Å². The Morgan fingerprint density at radius 2 is 1.36 bits per heavy atom. The smallest absolute Gasteiger partial charge is 0.0866 e. The van der Waals surface area contributed by atoms with Crippen molar-refractivity contribution in [2.24, 2.45) is 0 Å². The normalized spacial score (nSPS) is 10.4. The molecule has 0 unspecified atom stereocenters. The largest absolute Gasteiger partial charge is 0.299 e. The molecule has 1 radical (unpaired) electrons. The van der Waals surface area contributed by atoms with E-state index in [0.717, 1.165) is 13.1 Å². The molecule has 0 aromatic carbocycles. The molecule has 0 spiro atoms. The van der Waals surface area contributed by atoms with Gasteiger partial charge < -0.3 is 0 Å². The Balaban J connectivity index is 2.69. The van der Waals surface area contributed by atoms with Crippen LogP contribution in [0.4, 0.5) is 0 Å². The van der Waals surface area contributed by atoms with Crippen molar-refractivity contribution in [3.05, 3.63) is 6.67 Å². The Labute approximate surface area is 70.8 Å². The maximum absolute atomic E-state index is 3.21. The van der Waals surface area contributed by atoms with E-state index in [2.05, 4.69) is 24.5 Å². The van der Waals surface area contributed by atoms with Gasteiger partial charge >= 0.3 is 0 Å². The minimum Gasteiger partial charge on any atom is -0.299 e. The number of hydrogen-bond donors (Lipinski definition) is 2. The summed E-state index contributed by atoms with van der Waals surface area (Å²) in [6.07, 6.45) is 5.03. The molecule has 0 saturated carbocycles. The molecule has 0 rings (SSSR count). The summed E-state index contributed by atoms with van der Waals surface area (Å²) in [5.74, 6) is 0. The number of nitrogens with one attached hydrogen (secondary N) is 2. The standard InChI is InChI=1S/C9H21N2/c1-3-5-7-10-9-11-8-6-4-2/h9-11H,3-8H2,1-2H3. The van der Waals surface area contributed by atoms with Crippen LogP contribution in [0.15, 0.2) is 0 Å². The van der Waals surface area contributed by atoms with E-state index in [1.165, 1.54) is 25.7 Å². The second-order valence-corrected chi connectivity index (χ2v) is 2.76. The van der Waals surface area contributed by atoms with E-state index in [1.54, 1.807) is 0 Å². The van der Waals surface area contributed by atoms with Crippen molar-refractivity contribution < 1.29 is 0 Å². The fourth-order valence-corrected chi connectivity index (χ4v) is 0.774. The summed E-state index contributed by atoms with van der Waals surface area (Å²) in [4.78, 5) is 0. The molecular weight excluding hydrogens is 136 g/mol. The summed E-state index contributed by atoms with van der Waals surface area (Å²) in [6, 6.07) is 0. The van der Waals surface area contributed by atoms with Gasteiger partial charge in [0.15, 0.2) is 0 Å². The molecular formula is C9H21N2. The number of hydrogen-bond acceptors (Lipinski definition) is 2. The van der Waals surface area contributed by atoms with Crippen LogP contribution in [0, 0.1) is 6.67 Å². The first-order valence-electron chi connectivity index (χ1n) is 4.70. The highest BCUT2D eigenvalue weighted by atomic mass is 15.0. The molecule has 0 aliphatic carbocycles. The zero-order valence-electron chi connectivity index (χ0n) is 7.82. The lowest BCUT2D eigenvalue weighted by atomic mass is 10.3. The monoisotopic (exact) mass is 157 g/mol. The first-order valence-corrected chi connectivity index (χ1v) is 4.70. The lowest BCUT2D eigenvalue weighted by Gasteiger charge is -2.03. The van der Waals surface area contributed by atoms with Gasteiger partial charge in [-0.3, -0.25) is 10.6 Å². The molecule has 0 heterocycles. The molecule has 0 aliphatic rings. The van der Waals surface area contributed by atoms with Crippen LogP contribution < -0.4 is 10.6 Å². The quantitative estimate of drug-likeness (QED) is 0.526. The third-order valence-electron chi connectivity index (χ3n) is 1.55. The van der Waals surface area contributed by atoms with E-state index in [0.29, 0.717) is 0 Å². The second-order valence-electron chi connectivity index (χ2n) is 2.76. The van der Waals surface area contributed by atoms with Gasteiger partial charge in [0.2, 0.25) is 0 Å². The molecule has 67 valence electrons. The molecule has 0 aromatic heterocycles. The first-order chi connectivity index (χ1) is 5.41. The van der Waals surface area contributed by atoms with Crippen molar-refractivity contribution in [2.45, 2.75) is 39.5 Å². The summed E-state index contributed by atoms with van der Waals surface area (Å²) in [5, 5.41) is 6.42. The van der Waals surface area contributed by atoms with Crippen molar-refractivity contribution in [3.63, 3.8) is 0 Å². The van der Waals surface area contributed by atoms with Crippen LogP contribution in [-0.4, -0.2) is 13.1 Å². The van der Waals surface area contributed by atoms with Crippen LogP contribution in [0.5, 0.6) is 0 Å². The highest BCUT2D eigenvalue weighted by Gasteiger charge is 1.85. The van der Waals surface area contributed by atoms with Gasteiger partial charge in [0.1, 0.15) is 0 Å². The van der Waals surface area contributed by atoms with Crippen LogP contribution in [0.1, 0.15) is 39.5 Å². The summed E-state index contributed by atoms with van der Waals surface area (Å²) >= 11 is 0. The van der Waals surface area contributed by atoms with E-state index >= 15 is 0 Å². The molecule has 2 nitrogen and oxygen atoms in total. The third kappa shape index (κ3) is 9.92. The Morgan fingerprint density at radius 3 is 1.73 bits per heavy atom. The Hall–Kier alpha value is -0.0800. The van der Waals surface area contributed by atoms with E-state index in [4.69, 9.17) is 0 Å². The van der Waals surface area contributed by atoms with Gasteiger partial charge in [0.25, 0.3) is 0 Å². The minimum atomic E-state index is 1.09. The van der Waals surface area contributed by atoms with Gasteiger partial charge in [-0.25, -0.2) is 0 Å². The van der Waals surface area contributed by atoms with Gasteiger partial charge in [-0.1, -0.05) is 26.7 Å². The van der Waals surface area contributed by atoms with Crippen molar-refractivity contribution >= 4 is 0 Å². The second kappa shape index (κ2) is 9.92. The maximum Gasteiger partial charge on any atom is 0.0866 e. The molecule has 0 amide bonds. The molecule has 2 heteroatoms. The number of unbranched alkanes of at least 4 members (excludes halogenated alkanes) is 2. The van der Waals surface area contributed by atoms with E-state index in [1.807, 2.05) is 6.67 Å². The molecule has 0 aromatic rings. The topological polar surface area (TPSA) is 24.1 Å². The molecule has 0 atom stereocenters. The number of rotatable bonds is 8. The molecule has 2 N–H and O–H groups in total. The summed E-state index contributed by atoms with van der Waals surface area (Å²) in [6.45, 7) is 8.55. The lowest BCUT2D eigenvalue weighted by molar-refractivity contribution is 0.619. The van der Waals surface area contributed by atoms with Gasteiger partial charge in [-0.2, -0.15) is 0 Å². The Morgan fingerprint density at radius 1 is 0.909 bits per heavy atom. The van der Waals surface area contributed by atoms with Gasteiger partial charge in [0, 0.05) is 0 Å². The Bertz CT molecular complexity index is 56.6. The van der Waals surface area contributed by atoms with Crippen LogP contribution >= 0.6 is 0 Å². The fourth-order valence-electron chi connectivity index (χ4n) is 0.774. The first kappa shape index (κ1) is 10.9. The molecule has 0 aliphatic heterocycles. The zero-order chi connectivity index (χ0) is 8.36. The van der Waals surface area contributed by atoms with Crippen LogP contribution in [0.25, 0.3) is 0 Å². The Kier molecular flexibility index (Phi) is 9.85. The average Bonchev–Trinajstić information content (AvgIpc) is 2.03. The van der Waals surface area contributed by atoms with Gasteiger partial charge in [-0.15, -0.1) is 0 Å². The molecule has 0 saturated heterocycles. The van der Waals surface area contributed by atoms with Crippen molar-refractivity contribution in [3.8, 4) is 0 Å². The highest BCUT2D eigenvalue weighted by Crippen LogP contribution is 1.83. The van der Waals surface area contributed by atoms with E-state index in [9.17, 15) is 0 Å². The summed E-state index contributed by atoms with van der Waals surface area (Å²) in [5.41, 5.74) is 0. The summed E-state index contributed by atoms with van der Waals surface area (Å²) in [7, 11) is 0. The van der Waals surface area contributed by atoms with Crippen LogP contribution in [0.3, 0.4) is 0 Å². The fraction of sp³-hybridized carbons (Fsp3) is 0.889. The maximum atomic E-state index is 3.21. The molecule has 11 heavy (non-hydrogen) atoms. The predicted octanol–water partition coefficient (Wildman–Crippen LogP) is 1.89. The van der Waals surface area contributed by atoms with E-state index < -0.39 is 0 Å². The van der Waals surface area contributed by atoms with Crippen molar-refractivity contribution in [1.29, 1.82) is 0 Å². The van der Waals surface area contributed by atoms with Crippen LogP contribution in [-0.2, 0) is 0 Å². The lowest BCUT2D eigenvalue weighted by Crippen LogP contribution is -2.24. The zero-order valence-corrected chi connectivity index (χ0v) is 7.82. The molecule has 0 fully saturated rings. The third-order valence-corrected chi connectivity index (χ3v) is 1.55. The average molecular weight is 157 g/mol. The highest BCUT2D eigenvalue weighted by molar-refractivity contribution is 4.58. The van der Waals surface area contributed by atoms with Crippen LogP contribution in [0.2, 0.25) is 0 Å². The SMILES string of the molecule is CCCCN[CH]NCCCC. The van der Waals surface area contributed by atoms with Gasteiger partial charge in [0.05, 0.1) is 6.67 Å². The molecule has 0 bridgehead atoms. The minimum absolute atomic E-state index is 1.09. The van der Waals surface area contributed by atoms with E-state index in [-0.39, 0.29) is 0 Å². The summed E-state index contributed by atoms with van der Waals surface area (Å²) < 4.78 is 0. The predicted molar refractivity (Wildman–Crippen MR) is 50.1 cm³/mol. The van der Waals surface area contributed by atoms with Gasteiger partial charge in [-0.05, 0) is 25.9 Å². The van der Waals surface area contributed by atoms with Crippen molar-refractivity contribution in [2.75, 3.05) is 13.1 Å².